The van der Waals surface area contributed by atoms with Crippen molar-refractivity contribution in [2.75, 3.05) is 0 Å². The highest BCUT2D eigenvalue weighted by Crippen LogP contribution is 2.47. The molecule has 0 bridgehead atoms. The van der Waals surface area contributed by atoms with Gasteiger partial charge in [-0.1, -0.05) is 37.6 Å². The predicted octanol–water partition coefficient (Wildman–Crippen LogP) is 4.81. The summed E-state index contributed by atoms with van der Waals surface area (Å²) < 4.78 is 14.6. The first kappa shape index (κ1) is 16.4. The van der Waals surface area contributed by atoms with Crippen molar-refractivity contribution in [3.8, 4) is 0 Å². The van der Waals surface area contributed by atoms with E-state index in [9.17, 15) is 9.50 Å². The smallest absolute Gasteiger partial charge is 0.114 e. The summed E-state index contributed by atoms with van der Waals surface area (Å²) in [4.78, 5) is 0. The van der Waals surface area contributed by atoms with Gasteiger partial charge >= 0.3 is 0 Å². The zero-order valence-corrected chi connectivity index (χ0v) is 12.8. The van der Waals surface area contributed by atoms with Crippen LogP contribution >= 0.6 is 0 Å². The van der Waals surface area contributed by atoms with E-state index in [1.165, 1.54) is 5.57 Å². The van der Waals surface area contributed by atoms with Crippen molar-refractivity contribution < 1.29 is 9.50 Å². The standard InChI is InChI=1S/C17H29FO/c1-5-15(8-7-13(3)14(4)19)11-12-17(18,6-2)16-9-10-16/h5,7-8,13-14,16,19H,6,9-12H2,1-4H3. The molecule has 0 saturated heterocycles. The van der Waals surface area contributed by atoms with E-state index >= 15 is 0 Å². The van der Waals surface area contributed by atoms with E-state index in [0.717, 1.165) is 19.3 Å². The lowest BCUT2D eigenvalue weighted by atomic mass is 9.89. The number of hydrogen-bond donors (Lipinski definition) is 1. The molecule has 1 nitrogen and oxygen atoms in total. The highest BCUT2D eigenvalue weighted by Gasteiger charge is 2.43. The topological polar surface area (TPSA) is 20.2 Å². The van der Waals surface area contributed by atoms with E-state index in [0.29, 0.717) is 18.8 Å². The zero-order chi connectivity index (χ0) is 14.5. The van der Waals surface area contributed by atoms with E-state index in [1.807, 2.05) is 39.0 Å². The Labute approximate surface area is 117 Å². The first-order valence-corrected chi connectivity index (χ1v) is 7.63. The molecule has 3 unspecified atom stereocenters. The maximum absolute atomic E-state index is 14.6. The SMILES string of the molecule is CC=C(C=CC(C)C(C)O)CCC(F)(CC)C1CC1. The molecule has 0 amide bonds. The van der Waals surface area contributed by atoms with Gasteiger partial charge in [-0.3, -0.25) is 0 Å². The number of alkyl halides is 1. The first-order valence-electron chi connectivity index (χ1n) is 7.63. The lowest BCUT2D eigenvalue weighted by molar-refractivity contribution is 0.115. The van der Waals surface area contributed by atoms with Crippen LogP contribution in [0, 0.1) is 11.8 Å². The third kappa shape index (κ3) is 5.10. The van der Waals surface area contributed by atoms with Crippen molar-refractivity contribution in [1.82, 2.24) is 0 Å². The van der Waals surface area contributed by atoms with E-state index < -0.39 is 5.67 Å². The second kappa shape index (κ2) is 7.23. The van der Waals surface area contributed by atoms with Gasteiger partial charge in [0.2, 0.25) is 0 Å². The molecule has 0 aromatic heterocycles. The Bertz CT molecular complexity index is 328. The lowest BCUT2D eigenvalue weighted by Gasteiger charge is -2.23. The second-order valence-electron chi connectivity index (χ2n) is 5.98. The van der Waals surface area contributed by atoms with Crippen molar-refractivity contribution in [2.45, 2.75) is 71.6 Å². The number of rotatable bonds is 8. The van der Waals surface area contributed by atoms with Crippen molar-refractivity contribution in [2.24, 2.45) is 11.8 Å². The van der Waals surface area contributed by atoms with Gasteiger partial charge < -0.3 is 5.11 Å². The van der Waals surface area contributed by atoms with Gasteiger partial charge in [0.25, 0.3) is 0 Å². The first-order chi connectivity index (χ1) is 8.92. The molecule has 1 fully saturated rings. The fourth-order valence-corrected chi connectivity index (χ4v) is 2.38. The van der Waals surface area contributed by atoms with Crippen LogP contribution in [0.4, 0.5) is 4.39 Å². The highest BCUT2D eigenvalue weighted by molar-refractivity contribution is 5.19. The van der Waals surface area contributed by atoms with Gasteiger partial charge in [0, 0.05) is 0 Å². The van der Waals surface area contributed by atoms with Gasteiger partial charge in [-0.05, 0) is 57.8 Å². The van der Waals surface area contributed by atoms with Crippen LogP contribution in [0.3, 0.4) is 0 Å². The number of aliphatic hydroxyl groups excluding tert-OH is 1. The summed E-state index contributed by atoms with van der Waals surface area (Å²) in [6.45, 7) is 7.74. The summed E-state index contributed by atoms with van der Waals surface area (Å²) in [7, 11) is 0. The molecule has 1 aliphatic carbocycles. The van der Waals surface area contributed by atoms with Crippen LogP contribution in [-0.4, -0.2) is 16.9 Å². The van der Waals surface area contributed by atoms with Crippen molar-refractivity contribution in [1.29, 1.82) is 0 Å². The number of aliphatic hydroxyl groups is 1. The molecule has 0 heterocycles. The predicted molar refractivity (Wildman–Crippen MR) is 79.8 cm³/mol. The summed E-state index contributed by atoms with van der Waals surface area (Å²) in [5.74, 6) is 0.440. The van der Waals surface area contributed by atoms with E-state index in [4.69, 9.17) is 0 Å². The van der Waals surface area contributed by atoms with Crippen LogP contribution in [-0.2, 0) is 0 Å². The minimum atomic E-state index is -0.960. The zero-order valence-electron chi connectivity index (χ0n) is 12.8. The van der Waals surface area contributed by atoms with Gasteiger partial charge in [0.1, 0.15) is 5.67 Å². The summed E-state index contributed by atoms with van der Waals surface area (Å²) in [5, 5.41) is 9.45. The fraction of sp³-hybridized carbons (Fsp3) is 0.765. The van der Waals surface area contributed by atoms with Gasteiger partial charge in [-0.2, -0.15) is 0 Å². The van der Waals surface area contributed by atoms with Crippen molar-refractivity contribution in [3.05, 3.63) is 23.8 Å². The summed E-state index contributed by atoms with van der Waals surface area (Å²) in [6.07, 6.45) is 9.94. The van der Waals surface area contributed by atoms with Crippen LogP contribution in [0.5, 0.6) is 0 Å². The molecule has 0 aliphatic heterocycles. The van der Waals surface area contributed by atoms with Gasteiger partial charge in [0.05, 0.1) is 6.10 Å². The summed E-state index contributed by atoms with van der Waals surface area (Å²) in [5.41, 5.74) is 0.210. The fourth-order valence-electron chi connectivity index (χ4n) is 2.38. The molecular weight excluding hydrogens is 239 g/mol. The second-order valence-corrected chi connectivity index (χ2v) is 5.98. The quantitative estimate of drug-likeness (QED) is 0.626. The Balaban J connectivity index is 2.49. The van der Waals surface area contributed by atoms with Gasteiger partial charge in [-0.25, -0.2) is 4.39 Å². The van der Waals surface area contributed by atoms with Crippen LogP contribution < -0.4 is 0 Å². The Morgan fingerprint density at radius 3 is 2.47 bits per heavy atom. The molecule has 1 N–H and O–H groups in total. The molecule has 0 aromatic rings. The Morgan fingerprint density at radius 2 is 2.05 bits per heavy atom. The molecule has 1 aliphatic rings. The summed E-state index contributed by atoms with van der Waals surface area (Å²) in [6, 6.07) is 0. The molecule has 2 heteroatoms. The minimum absolute atomic E-state index is 0.139. The van der Waals surface area contributed by atoms with Gasteiger partial charge in [0.15, 0.2) is 0 Å². The average Bonchev–Trinajstić information content (AvgIpc) is 3.22. The highest BCUT2D eigenvalue weighted by atomic mass is 19.1. The molecule has 0 spiro atoms. The lowest BCUT2D eigenvalue weighted by Crippen LogP contribution is -2.24. The maximum Gasteiger partial charge on any atom is 0.114 e. The van der Waals surface area contributed by atoms with Crippen LogP contribution in [0.2, 0.25) is 0 Å². The van der Waals surface area contributed by atoms with E-state index in [1.54, 1.807) is 6.92 Å². The number of hydrogen-bond acceptors (Lipinski definition) is 1. The van der Waals surface area contributed by atoms with Gasteiger partial charge in [-0.15, -0.1) is 0 Å². The average molecular weight is 268 g/mol. The molecule has 0 aromatic carbocycles. The van der Waals surface area contributed by atoms with E-state index in [-0.39, 0.29) is 12.0 Å². The number of allylic oxidation sites excluding steroid dienone is 3. The van der Waals surface area contributed by atoms with Crippen molar-refractivity contribution in [3.63, 3.8) is 0 Å². The molecule has 110 valence electrons. The molecule has 3 atom stereocenters. The molecular formula is C17H29FO. The molecule has 19 heavy (non-hydrogen) atoms. The minimum Gasteiger partial charge on any atom is -0.393 e. The van der Waals surface area contributed by atoms with Crippen molar-refractivity contribution >= 4 is 0 Å². The molecule has 0 radical (unpaired) electrons. The van der Waals surface area contributed by atoms with Crippen LogP contribution in [0.1, 0.15) is 59.8 Å². The van der Waals surface area contributed by atoms with Crippen LogP contribution in [0.25, 0.3) is 0 Å². The Hall–Kier alpha value is -0.630. The third-order valence-corrected chi connectivity index (χ3v) is 4.47. The van der Waals surface area contributed by atoms with Crippen LogP contribution in [0.15, 0.2) is 23.8 Å². The normalized spacial score (nSPS) is 23.4. The Morgan fingerprint density at radius 1 is 1.42 bits per heavy atom. The van der Waals surface area contributed by atoms with E-state index in [2.05, 4.69) is 0 Å². The Kier molecular flexibility index (Phi) is 6.25. The maximum atomic E-state index is 14.6. The monoisotopic (exact) mass is 268 g/mol. The molecule has 1 rings (SSSR count). The molecule has 1 saturated carbocycles. The summed E-state index contributed by atoms with van der Waals surface area (Å²) >= 11 is 0. The largest absolute Gasteiger partial charge is 0.393 e. The third-order valence-electron chi connectivity index (χ3n) is 4.47. The number of halogens is 1.